The highest BCUT2D eigenvalue weighted by atomic mass is 35.5. The van der Waals surface area contributed by atoms with Gasteiger partial charge in [-0.25, -0.2) is 0 Å². The molecule has 17 heavy (non-hydrogen) atoms. The van der Waals surface area contributed by atoms with Gasteiger partial charge in [0.1, 0.15) is 6.10 Å². The van der Waals surface area contributed by atoms with Crippen molar-refractivity contribution in [3.8, 4) is 0 Å². The van der Waals surface area contributed by atoms with E-state index in [1.54, 1.807) is 6.07 Å². The number of methoxy groups -OCH3 is 1. The number of rotatable bonds is 5. The standard InChI is InChI=1S/C12H17ClN2O2/c1-8(9-4-3-5-10(13)6-9)15-12(16)11(7-14)17-2/h3-6,8,11H,7,14H2,1-2H3,(H,15,16)/t8-,11?/m1/s1. The molecule has 4 nitrogen and oxygen atoms in total. The van der Waals surface area contributed by atoms with Gasteiger partial charge < -0.3 is 15.8 Å². The van der Waals surface area contributed by atoms with Gasteiger partial charge in [0, 0.05) is 18.7 Å². The van der Waals surface area contributed by atoms with Crippen LogP contribution < -0.4 is 11.1 Å². The van der Waals surface area contributed by atoms with Crippen LogP contribution in [0.25, 0.3) is 0 Å². The average molecular weight is 257 g/mol. The predicted octanol–water partition coefficient (Wildman–Crippen LogP) is 1.49. The maximum atomic E-state index is 11.7. The average Bonchev–Trinajstić information content (AvgIpc) is 2.30. The molecule has 1 amide bonds. The van der Waals surface area contributed by atoms with Crippen molar-refractivity contribution in [3.05, 3.63) is 34.9 Å². The lowest BCUT2D eigenvalue weighted by Crippen LogP contribution is -2.41. The molecule has 0 heterocycles. The number of halogens is 1. The minimum Gasteiger partial charge on any atom is -0.370 e. The molecule has 0 fully saturated rings. The summed E-state index contributed by atoms with van der Waals surface area (Å²) in [6.45, 7) is 2.04. The molecule has 5 heteroatoms. The summed E-state index contributed by atoms with van der Waals surface area (Å²) in [5, 5.41) is 3.47. The Morgan fingerprint density at radius 3 is 2.82 bits per heavy atom. The monoisotopic (exact) mass is 256 g/mol. The van der Waals surface area contributed by atoms with Gasteiger partial charge in [-0.1, -0.05) is 23.7 Å². The molecule has 0 aliphatic heterocycles. The van der Waals surface area contributed by atoms with Gasteiger partial charge in [-0.05, 0) is 24.6 Å². The van der Waals surface area contributed by atoms with Crippen LogP contribution in [0.4, 0.5) is 0 Å². The maximum absolute atomic E-state index is 11.7. The first-order valence-corrected chi connectivity index (χ1v) is 5.75. The van der Waals surface area contributed by atoms with E-state index in [2.05, 4.69) is 5.32 Å². The molecule has 94 valence electrons. The Kier molecular flexibility index (Phi) is 5.41. The van der Waals surface area contributed by atoms with E-state index >= 15 is 0 Å². The van der Waals surface area contributed by atoms with Crippen LogP contribution in [0.1, 0.15) is 18.5 Å². The Labute approximate surface area is 106 Å². The van der Waals surface area contributed by atoms with Crippen LogP contribution in [0.3, 0.4) is 0 Å². The second-order valence-corrected chi connectivity index (χ2v) is 4.18. The Hall–Kier alpha value is -1.10. The Morgan fingerprint density at radius 1 is 1.59 bits per heavy atom. The van der Waals surface area contributed by atoms with Crippen molar-refractivity contribution in [3.63, 3.8) is 0 Å². The predicted molar refractivity (Wildman–Crippen MR) is 67.9 cm³/mol. The van der Waals surface area contributed by atoms with Crippen molar-refractivity contribution in [2.45, 2.75) is 19.1 Å². The molecule has 0 spiro atoms. The molecule has 1 aromatic carbocycles. The van der Waals surface area contributed by atoms with E-state index in [0.29, 0.717) is 5.02 Å². The summed E-state index contributed by atoms with van der Waals surface area (Å²) in [5.41, 5.74) is 6.36. The molecular weight excluding hydrogens is 240 g/mol. The first-order valence-electron chi connectivity index (χ1n) is 5.37. The Morgan fingerprint density at radius 2 is 2.29 bits per heavy atom. The van der Waals surface area contributed by atoms with Gasteiger partial charge in [-0.3, -0.25) is 4.79 Å². The molecule has 3 N–H and O–H groups in total. The van der Waals surface area contributed by atoms with Crippen LogP contribution in [-0.4, -0.2) is 25.7 Å². The van der Waals surface area contributed by atoms with E-state index in [1.807, 2.05) is 25.1 Å². The van der Waals surface area contributed by atoms with Crippen molar-refractivity contribution in [2.75, 3.05) is 13.7 Å². The van der Waals surface area contributed by atoms with Gasteiger partial charge in [-0.2, -0.15) is 0 Å². The highest BCUT2D eigenvalue weighted by Crippen LogP contribution is 2.17. The smallest absolute Gasteiger partial charge is 0.250 e. The number of carbonyl (C=O) groups excluding carboxylic acids is 1. The van der Waals surface area contributed by atoms with Gasteiger partial charge in [0.2, 0.25) is 0 Å². The molecular formula is C12H17ClN2O2. The molecule has 0 bridgehead atoms. The molecule has 0 aromatic heterocycles. The Balaban J connectivity index is 2.66. The van der Waals surface area contributed by atoms with Crippen molar-refractivity contribution in [2.24, 2.45) is 5.73 Å². The lowest BCUT2D eigenvalue weighted by molar-refractivity contribution is -0.131. The van der Waals surface area contributed by atoms with E-state index < -0.39 is 6.10 Å². The quantitative estimate of drug-likeness (QED) is 0.839. The number of hydrogen-bond acceptors (Lipinski definition) is 3. The topological polar surface area (TPSA) is 64.3 Å². The third-order valence-electron chi connectivity index (χ3n) is 2.50. The molecule has 1 aromatic rings. The lowest BCUT2D eigenvalue weighted by Gasteiger charge is -2.18. The number of ether oxygens (including phenoxy) is 1. The summed E-state index contributed by atoms with van der Waals surface area (Å²) in [5.74, 6) is -0.220. The largest absolute Gasteiger partial charge is 0.370 e. The number of nitrogens with two attached hydrogens (primary N) is 1. The van der Waals surface area contributed by atoms with E-state index in [-0.39, 0.29) is 18.5 Å². The van der Waals surface area contributed by atoms with Crippen LogP contribution in [0.2, 0.25) is 5.02 Å². The third kappa shape index (κ3) is 4.00. The number of benzene rings is 1. The number of carbonyl (C=O) groups is 1. The van der Waals surface area contributed by atoms with Crippen LogP contribution >= 0.6 is 11.6 Å². The summed E-state index contributed by atoms with van der Waals surface area (Å²) in [7, 11) is 1.46. The normalized spacial score (nSPS) is 14.1. The fourth-order valence-corrected chi connectivity index (χ4v) is 1.67. The minimum atomic E-state index is -0.614. The van der Waals surface area contributed by atoms with E-state index in [1.165, 1.54) is 7.11 Å². The van der Waals surface area contributed by atoms with Gasteiger partial charge in [0.25, 0.3) is 5.91 Å². The fourth-order valence-electron chi connectivity index (χ4n) is 1.48. The second kappa shape index (κ2) is 6.59. The van der Waals surface area contributed by atoms with Gasteiger partial charge in [0.05, 0.1) is 6.04 Å². The molecule has 0 aliphatic rings. The molecule has 0 saturated heterocycles. The zero-order valence-electron chi connectivity index (χ0n) is 9.94. The second-order valence-electron chi connectivity index (χ2n) is 3.75. The first kappa shape index (κ1) is 14.0. The molecule has 0 saturated carbocycles. The van der Waals surface area contributed by atoms with Crippen LogP contribution in [0, 0.1) is 0 Å². The summed E-state index contributed by atoms with van der Waals surface area (Å²) in [6, 6.07) is 7.22. The van der Waals surface area contributed by atoms with Gasteiger partial charge in [-0.15, -0.1) is 0 Å². The highest BCUT2D eigenvalue weighted by molar-refractivity contribution is 6.30. The van der Waals surface area contributed by atoms with Gasteiger partial charge in [0.15, 0.2) is 0 Å². The minimum absolute atomic E-state index is 0.134. The van der Waals surface area contributed by atoms with Crippen molar-refractivity contribution >= 4 is 17.5 Å². The van der Waals surface area contributed by atoms with Crippen molar-refractivity contribution in [1.82, 2.24) is 5.32 Å². The van der Waals surface area contributed by atoms with Gasteiger partial charge >= 0.3 is 0 Å². The number of hydrogen-bond donors (Lipinski definition) is 2. The van der Waals surface area contributed by atoms with Crippen LogP contribution in [-0.2, 0) is 9.53 Å². The molecule has 0 aliphatic carbocycles. The first-order chi connectivity index (χ1) is 8.08. The highest BCUT2D eigenvalue weighted by Gasteiger charge is 2.18. The summed E-state index contributed by atoms with van der Waals surface area (Å²) < 4.78 is 4.96. The lowest BCUT2D eigenvalue weighted by atomic mass is 10.1. The maximum Gasteiger partial charge on any atom is 0.250 e. The zero-order valence-corrected chi connectivity index (χ0v) is 10.7. The SMILES string of the molecule is COC(CN)C(=O)N[C@H](C)c1cccc(Cl)c1. The summed E-state index contributed by atoms with van der Waals surface area (Å²) in [4.78, 5) is 11.7. The molecule has 1 unspecified atom stereocenters. The van der Waals surface area contributed by atoms with Crippen LogP contribution in [0.15, 0.2) is 24.3 Å². The van der Waals surface area contributed by atoms with Crippen molar-refractivity contribution in [1.29, 1.82) is 0 Å². The number of nitrogens with one attached hydrogen (secondary N) is 1. The molecule has 0 radical (unpaired) electrons. The third-order valence-corrected chi connectivity index (χ3v) is 2.73. The van der Waals surface area contributed by atoms with Crippen molar-refractivity contribution < 1.29 is 9.53 Å². The summed E-state index contributed by atoms with van der Waals surface area (Å²) >= 11 is 5.89. The molecule has 2 atom stereocenters. The summed E-state index contributed by atoms with van der Waals surface area (Å²) in [6.07, 6.45) is -0.614. The van der Waals surface area contributed by atoms with E-state index in [9.17, 15) is 4.79 Å². The fraction of sp³-hybridized carbons (Fsp3) is 0.417. The van der Waals surface area contributed by atoms with Crippen LogP contribution in [0.5, 0.6) is 0 Å². The zero-order chi connectivity index (χ0) is 12.8. The van der Waals surface area contributed by atoms with E-state index in [0.717, 1.165) is 5.56 Å². The van der Waals surface area contributed by atoms with E-state index in [4.69, 9.17) is 22.1 Å². The molecule has 1 rings (SSSR count). The number of amides is 1. The Bertz CT molecular complexity index is 381.